The summed E-state index contributed by atoms with van der Waals surface area (Å²) in [5.41, 5.74) is 1.36. The van der Waals surface area contributed by atoms with Crippen molar-refractivity contribution >= 4 is 27.3 Å². The zero-order valence-corrected chi connectivity index (χ0v) is 17.8. The highest BCUT2D eigenvalue weighted by Gasteiger charge is 2.46. The van der Waals surface area contributed by atoms with Gasteiger partial charge >= 0.3 is 0 Å². The first-order chi connectivity index (χ1) is 14.2. The highest BCUT2D eigenvalue weighted by atomic mass is 32.2. The molecule has 9 heteroatoms. The summed E-state index contributed by atoms with van der Waals surface area (Å²) in [5, 5.41) is 2.92. The minimum Gasteiger partial charge on any atom is -0.486 e. The number of likely N-dealkylation sites (tertiary alicyclic amines) is 1. The van der Waals surface area contributed by atoms with Gasteiger partial charge in [0.05, 0.1) is 17.5 Å². The van der Waals surface area contributed by atoms with E-state index in [0.717, 1.165) is 36.3 Å². The third kappa shape index (κ3) is 4.36. The van der Waals surface area contributed by atoms with Crippen LogP contribution in [0.2, 0.25) is 0 Å². The Morgan fingerprint density at radius 1 is 1.10 bits per heavy atom. The van der Waals surface area contributed by atoms with Gasteiger partial charge in [-0.3, -0.25) is 14.4 Å². The second-order valence-corrected chi connectivity index (χ2v) is 9.58. The predicted molar refractivity (Wildman–Crippen MR) is 114 cm³/mol. The number of carbonyl (C=O) groups excluding carboxylic acids is 1. The lowest BCUT2D eigenvalue weighted by molar-refractivity contribution is -0.136. The van der Waals surface area contributed by atoms with Gasteiger partial charge in [-0.1, -0.05) is 12.1 Å². The van der Waals surface area contributed by atoms with Crippen LogP contribution in [-0.2, 0) is 21.4 Å². The summed E-state index contributed by atoms with van der Waals surface area (Å²) in [4.78, 5) is 15.1. The Morgan fingerprint density at radius 3 is 2.53 bits per heavy atom. The monoisotopic (exact) mass is 431 g/mol. The number of hydrogen-bond acceptors (Lipinski definition) is 6. The fourth-order valence-corrected chi connectivity index (χ4v) is 4.22. The molecule has 1 amide bonds. The lowest BCUT2D eigenvalue weighted by Crippen LogP contribution is -2.63. The van der Waals surface area contributed by atoms with Crippen molar-refractivity contribution in [2.24, 2.45) is 0 Å². The second-order valence-electron chi connectivity index (χ2n) is 7.83. The van der Waals surface area contributed by atoms with Gasteiger partial charge < -0.3 is 14.8 Å². The van der Waals surface area contributed by atoms with E-state index in [9.17, 15) is 13.2 Å². The first kappa shape index (κ1) is 20.5. The number of nitrogens with one attached hydrogen (secondary N) is 2. The van der Waals surface area contributed by atoms with Gasteiger partial charge in [0.2, 0.25) is 15.9 Å². The molecule has 0 bridgehead atoms. The molecule has 2 aromatic carbocycles. The molecule has 0 aromatic heterocycles. The zero-order valence-electron chi connectivity index (χ0n) is 17.0. The molecule has 0 saturated carbocycles. The number of fused-ring (bicyclic) bond motifs is 1. The Bertz CT molecular complexity index is 1070. The van der Waals surface area contributed by atoms with Gasteiger partial charge in [-0.15, -0.1) is 0 Å². The number of sulfonamides is 1. The van der Waals surface area contributed by atoms with Gasteiger partial charge in [0.1, 0.15) is 13.2 Å². The van der Waals surface area contributed by atoms with Crippen LogP contribution in [0.1, 0.15) is 18.9 Å². The Labute approximate surface area is 176 Å². The average molecular weight is 432 g/mol. The molecule has 8 nitrogen and oxygen atoms in total. The van der Waals surface area contributed by atoms with Crippen LogP contribution >= 0.6 is 0 Å². The van der Waals surface area contributed by atoms with Crippen molar-refractivity contribution in [2.75, 3.05) is 36.1 Å². The number of amides is 1. The molecule has 1 saturated heterocycles. The van der Waals surface area contributed by atoms with Crippen LogP contribution in [0.25, 0.3) is 0 Å². The molecule has 160 valence electrons. The Balaban J connectivity index is 1.43. The number of ether oxygens (including phenoxy) is 2. The molecule has 1 fully saturated rings. The Kier molecular flexibility index (Phi) is 5.33. The average Bonchev–Trinajstić information content (AvgIpc) is 2.69. The molecule has 2 N–H and O–H groups in total. The van der Waals surface area contributed by atoms with E-state index in [2.05, 4.69) is 14.9 Å². The summed E-state index contributed by atoms with van der Waals surface area (Å²) < 4.78 is 36.5. The number of hydrogen-bond donors (Lipinski definition) is 2. The largest absolute Gasteiger partial charge is 0.486 e. The third-order valence-electron chi connectivity index (χ3n) is 5.46. The van der Waals surface area contributed by atoms with Crippen LogP contribution in [0.4, 0.5) is 11.4 Å². The molecule has 2 heterocycles. The Hall–Kier alpha value is -2.78. The second kappa shape index (κ2) is 7.81. The van der Waals surface area contributed by atoms with Crippen molar-refractivity contribution in [3.05, 3.63) is 48.0 Å². The van der Waals surface area contributed by atoms with Crippen LogP contribution in [0.3, 0.4) is 0 Å². The number of anilines is 2. The van der Waals surface area contributed by atoms with Crippen LogP contribution in [0.15, 0.2) is 42.5 Å². The molecule has 0 aliphatic carbocycles. The maximum Gasteiger partial charge on any atom is 0.244 e. The molecule has 0 spiro atoms. The zero-order chi connectivity index (χ0) is 21.4. The fraction of sp³-hybridized carbons (Fsp3) is 0.381. The normalized spacial score (nSPS) is 20.9. The van der Waals surface area contributed by atoms with Crippen LogP contribution in [0, 0.1) is 0 Å². The van der Waals surface area contributed by atoms with Gasteiger partial charge in [0.25, 0.3) is 0 Å². The number of rotatable bonds is 6. The molecule has 1 atom stereocenters. The summed E-state index contributed by atoms with van der Waals surface area (Å²) >= 11 is 0. The van der Waals surface area contributed by atoms with Gasteiger partial charge in [0, 0.05) is 18.8 Å². The molecule has 0 radical (unpaired) electrons. The van der Waals surface area contributed by atoms with Crippen molar-refractivity contribution in [1.82, 2.24) is 4.90 Å². The topological polar surface area (TPSA) is 97.0 Å². The smallest absolute Gasteiger partial charge is 0.244 e. The Morgan fingerprint density at radius 2 is 1.83 bits per heavy atom. The van der Waals surface area contributed by atoms with E-state index in [1.165, 1.54) is 0 Å². The lowest BCUT2D eigenvalue weighted by atomic mass is 9.85. The molecule has 4 rings (SSSR count). The number of benzene rings is 2. The minimum absolute atomic E-state index is 0.122. The van der Waals surface area contributed by atoms with Gasteiger partial charge in [-0.25, -0.2) is 8.42 Å². The van der Waals surface area contributed by atoms with Crippen LogP contribution in [0.5, 0.6) is 11.5 Å². The van der Waals surface area contributed by atoms with Gasteiger partial charge in [-0.2, -0.15) is 0 Å². The van der Waals surface area contributed by atoms with E-state index in [-0.39, 0.29) is 5.91 Å². The maximum atomic E-state index is 13.0. The fourth-order valence-electron chi connectivity index (χ4n) is 3.66. The highest BCUT2D eigenvalue weighted by Crippen LogP contribution is 2.36. The van der Waals surface area contributed by atoms with Crippen molar-refractivity contribution in [3.8, 4) is 11.5 Å². The lowest BCUT2D eigenvalue weighted by Gasteiger charge is -2.49. The highest BCUT2D eigenvalue weighted by molar-refractivity contribution is 7.92. The summed E-state index contributed by atoms with van der Waals surface area (Å²) in [7, 11) is -3.38. The van der Waals surface area contributed by atoms with E-state index in [0.29, 0.717) is 31.1 Å². The number of carbonyl (C=O) groups is 1. The standard InChI is InChI=1S/C21H25N3O5S/c1-21(20(25)22-16-4-3-5-17(13-16)23-30(2,26)27)8-9-24(21)14-15-6-7-18-19(12-15)29-11-10-28-18/h3-7,12-13,23H,8-11,14H2,1-2H3,(H,22,25). The quantitative estimate of drug-likeness (QED) is 0.729. The van der Waals surface area contributed by atoms with Crippen molar-refractivity contribution < 1.29 is 22.7 Å². The van der Waals surface area contributed by atoms with E-state index in [4.69, 9.17) is 9.47 Å². The van der Waals surface area contributed by atoms with Gasteiger partial charge in [0.15, 0.2) is 11.5 Å². The first-order valence-electron chi connectivity index (χ1n) is 9.76. The van der Waals surface area contributed by atoms with Gasteiger partial charge in [-0.05, 0) is 49.2 Å². The van der Waals surface area contributed by atoms with Crippen LogP contribution < -0.4 is 19.5 Å². The van der Waals surface area contributed by atoms with Crippen LogP contribution in [-0.4, -0.2) is 50.8 Å². The maximum absolute atomic E-state index is 13.0. The molecule has 2 aromatic rings. The molecule has 1 unspecified atom stereocenters. The van der Waals surface area contributed by atoms with E-state index >= 15 is 0 Å². The molecule has 2 aliphatic heterocycles. The summed E-state index contributed by atoms with van der Waals surface area (Å²) in [5.74, 6) is 1.36. The summed E-state index contributed by atoms with van der Waals surface area (Å²) in [6.07, 6.45) is 1.83. The van der Waals surface area contributed by atoms with Crippen molar-refractivity contribution in [1.29, 1.82) is 0 Å². The minimum atomic E-state index is -3.38. The molecular formula is C21H25N3O5S. The summed E-state index contributed by atoms with van der Waals surface area (Å²) in [6, 6.07) is 12.5. The summed E-state index contributed by atoms with van der Waals surface area (Å²) in [6.45, 7) is 4.44. The predicted octanol–water partition coefficient (Wildman–Crippen LogP) is 2.43. The molecular weight excluding hydrogens is 406 g/mol. The molecule has 30 heavy (non-hydrogen) atoms. The van der Waals surface area contributed by atoms with E-state index in [1.807, 2.05) is 25.1 Å². The SMILES string of the molecule is CC1(C(=O)Nc2cccc(NS(C)(=O)=O)c2)CCN1Cc1ccc2c(c1)OCCO2. The number of nitrogens with zero attached hydrogens (tertiary/aromatic N) is 1. The first-order valence-corrected chi connectivity index (χ1v) is 11.6. The van der Waals surface area contributed by atoms with Crippen molar-refractivity contribution in [3.63, 3.8) is 0 Å². The van der Waals surface area contributed by atoms with Crippen molar-refractivity contribution in [2.45, 2.75) is 25.4 Å². The molecule has 2 aliphatic rings. The van der Waals surface area contributed by atoms with E-state index < -0.39 is 15.6 Å². The third-order valence-corrected chi connectivity index (χ3v) is 6.07. The van der Waals surface area contributed by atoms with E-state index in [1.54, 1.807) is 24.3 Å².